The predicted octanol–water partition coefficient (Wildman–Crippen LogP) is 3.12. The molecule has 0 fully saturated rings. The van der Waals surface area contributed by atoms with Crippen LogP contribution in [0.25, 0.3) is 0 Å². The molecule has 0 aliphatic heterocycles. The Morgan fingerprint density at radius 1 is 1.29 bits per heavy atom. The van der Waals surface area contributed by atoms with Gasteiger partial charge in [0, 0.05) is 22.6 Å². The van der Waals surface area contributed by atoms with E-state index in [1.54, 1.807) is 6.20 Å². The maximum atomic E-state index is 5.77. The molecule has 4 heteroatoms. The number of aryl methyl sites for hydroxylation is 1. The van der Waals surface area contributed by atoms with E-state index in [4.69, 9.17) is 11.6 Å². The molecular formula is C10H10ClN3. The number of H-pyrrole nitrogens is 1. The van der Waals surface area contributed by atoms with Crippen LogP contribution in [-0.2, 0) is 0 Å². The first-order valence-electron chi connectivity index (χ1n) is 4.28. The zero-order valence-corrected chi connectivity index (χ0v) is 8.47. The number of aromatic amines is 1. The number of benzene rings is 1. The smallest absolute Gasteiger partial charge is 0.204 e. The van der Waals surface area contributed by atoms with Gasteiger partial charge in [-0.15, -0.1) is 0 Å². The Bertz CT molecular complexity index is 419. The van der Waals surface area contributed by atoms with Crippen molar-refractivity contribution in [2.24, 2.45) is 0 Å². The van der Waals surface area contributed by atoms with E-state index in [9.17, 15) is 0 Å². The van der Waals surface area contributed by atoms with Gasteiger partial charge >= 0.3 is 0 Å². The number of halogens is 1. The molecule has 0 atom stereocenters. The Morgan fingerprint density at radius 2 is 2.00 bits per heavy atom. The molecule has 2 rings (SSSR count). The summed E-state index contributed by atoms with van der Waals surface area (Å²) in [4.78, 5) is 7.22. The van der Waals surface area contributed by atoms with E-state index in [1.807, 2.05) is 31.2 Å². The number of aromatic nitrogens is 2. The molecule has 0 bridgehead atoms. The van der Waals surface area contributed by atoms with Crippen LogP contribution in [0.15, 0.2) is 30.5 Å². The Morgan fingerprint density at radius 3 is 2.57 bits per heavy atom. The predicted molar refractivity (Wildman–Crippen MR) is 58.1 cm³/mol. The highest BCUT2D eigenvalue weighted by Gasteiger charge is 1.97. The van der Waals surface area contributed by atoms with Crippen LogP contribution in [0.1, 0.15) is 5.69 Å². The van der Waals surface area contributed by atoms with E-state index in [0.29, 0.717) is 0 Å². The lowest BCUT2D eigenvalue weighted by molar-refractivity contribution is 1.24. The first-order chi connectivity index (χ1) is 6.74. The second-order valence-corrected chi connectivity index (χ2v) is 3.48. The molecule has 0 aliphatic rings. The molecule has 1 aromatic heterocycles. The quantitative estimate of drug-likeness (QED) is 0.795. The first-order valence-corrected chi connectivity index (χ1v) is 4.66. The maximum Gasteiger partial charge on any atom is 0.204 e. The van der Waals surface area contributed by atoms with Crippen molar-refractivity contribution < 1.29 is 0 Å². The highest BCUT2D eigenvalue weighted by atomic mass is 35.5. The van der Waals surface area contributed by atoms with E-state index in [-0.39, 0.29) is 0 Å². The number of hydrogen-bond acceptors (Lipinski definition) is 2. The molecule has 72 valence electrons. The van der Waals surface area contributed by atoms with Gasteiger partial charge in [0.25, 0.3) is 0 Å². The second kappa shape index (κ2) is 3.72. The van der Waals surface area contributed by atoms with Crippen molar-refractivity contribution in [2.75, 3.05) is 5.32 Å². The molecule has 2 N–H and O–H groups in total. The topological polar surface area (TPSA) is 40.7 Å². The van der Waals surface area contributed by atoms with Crippen LogP contribution < -0.4 is 5.32 Å². The third-order valence-electron chi connectivity index (χ3n) is 1.81. The van der Waals surface area contributed by atoms with Gasteiger partial charge in [-0.2, -0.15) is 0 Å². The van der Waals surface area contributed by atoms with Crippen LogP contribution in [0.5, 0.6) is 0 Å². The van der Waals surface area contributed by atoms with Gasteiger partial charge in [-0.25, -0.2) is 4.98 Å². The average Bonchev–Trinajstić information content (AvgIpc) is 2.56. The summed E-state index contributed by atoms with van der Waals surface area (Å²) in [6.07, 6.45) is 1.78. The van der Waals surface area contributed by atoms with Crippen molar-refractivity contribution in [3.8, 4) is 0 Å². The van der Waals surface area contributed by atoms with Crippen molar-refractivity contribution in [3.63, 3.8) is 0 Å². The zero-order chi connectivity index (χ0) is 9.97. The molecule has 0 saturated heterocycles. The summed E-state index contributed by atoms with van der Waals surface area (Å²) < 4.78 is 0. The molecular weight excluding hydrogens is 198 g/mol. The van der Waals surface area contributed by atoms with Crippen LogP contribution in [-0.4, -0.2) is 9.97 Å². The minimum atomic E-state index is 0.728. The molecule has 0 aliphatic carbocycles. The summed E-state index contributed by atoms with van der Waals surface area (Å²) >= 11 is 5.77. The normalized spacial score (nSPS) is 10.1. The van der Waals surface area contributed by atoms with Gasteiger partial charge in [-0.1, -0.05) is 11.6 Å². The summed E-state index contributed by atoms with van der Waals surface area (Å²) in [6.45, 7) is 1.96. The van der Waals surface area contributed by atoms with Crippen molar-refractivity contribution in [1.29, 1.82) is 0 Å². The van der Waals surface area contributed by atoms with Crippen molar-refractivity contribution in [3.05, 3.63) is 41.2 Å². The van der Waals surface area contributed by atoms with E-state index in [2.05, 4.69) is 15.3 Å². The molecule has 2 aromatic rings. The number of rotatable bonds is 2. The second-order valence-electron chi connectivity index (χ2n) is 3.05. The third kappa shape index (κ3) is 2.06. The molecule has 0 unspecified atom stereocenters. The molecule has 14 heavy (non-hydrogen) atoms. The molecule has 0 radical (unpaired) electrons. The minimum absolute atomic E-state index is 0.728. The van der Waals surface area contributed by atoms with Gasteiger partial charge in [-0.3, -0.25) is 0 Å². The Balaban J connectivity index is 2.15. The number of nitrogens with zero attached hydrogens (tertiary/aromatic N) is 1. The Labute approximate surface area is 87.1 Å². The van der Waals surface area contributed by atoms with Gasteiger partial charge in [0.2, 0.25) is 5.95 Å². The van der Waals surface area contributed by atoms with Gasteiger partial charge in [0.05, 0.1) is 0 Å². The van der Waals surface area contributed by atoms with E-state index in [1.165, 1.54) is 0 Å². The minimum Gasteiger partial charge on any atom is -0.328 e. The molecule has 3 nitrogen and oxygen atoms in total. The van der Waals surface area contributed by atoms with Gasteiger partial charge in [0.1, 0.15) is 0 Å². The average molecular weight is 208 g/mol. The summed E-state index contributed by atoms with van der Waals surface area (Å²) in [7, 11) is 0. The Hall–Kier alpha value is -1.48. The van der Waals surface area contributed by atoms with Crippen LogP contribution in [0, 0.1) is 6.92 Å². The number of anilines is 2. The maximum absolute atomic E-state index is 5.77. The monoisotopic (exact) mass is 207 g/mol. The highest BCUT2D eigenvalue weighted by Crippen LogP contribution is 2.16. The van der Waals surface area contributed by atoms with E-state index < -0.39 is 0 Å². The fraction of sp³-hybridized carbons (Fsp3) is 0.100. The number of nitrogens with one attached hydrogen (secondary N) is 2. The fourth-order valence-corrected chi connectivity index (χ4v) is 1.27. The molecule has 1 aromatic carbocycles. The van der Waals surface area contributed by atoms with Crippen molar-refractivity contribution in [1.82, 2.24) is 9.97 Å². The largest absolute Gasteiger partial charge is 0.328 e. The van der Waals surface area contributed by atoms with Crippen molar-refractivity contribution >= 4 is 23.2 Å². The van der Waals surface area contributed by atoms with Crippen LogP contribution in [0.2, 0.25) is 5.02 Å². The molecule has 1 heterocycles. The summed E-state index contributed by atoms with van der Waals surface area (Å²) in [5.74, 6) is 0.741. The van der Waals surface area contributed by atoms with Gasteiger partial charge in [-0.05, 0) is 31.2 Å². The fourth-order valence-electron chi connectivity index (χ4n) is 1.15. The highest BCUT2D eigenvalue weighted by molar-refractivity contribution is 6.30. The summed E-state index contributed by atoms with van der Waals surface area (Å²) in [6, 6.07) is 7.47. The lowest BCUT2D eigenvalue weighted by Gasteiger charge is -2.01. The lowest BCUT2D eigenvalue weighted by Crippen LogP contribution is -1.91. The van der Waals surface area contributed by atoms with E-state index >= 15 is 0 Å². The third-order valence-corrected chi connectivity index (χ3v) is 2.06. The number of hydrogen-bond donors (Lipinski definition) is 2. The lowest BCUT2D eigenvalue weighted by atomic mass is 10.3. The molecule has 0 saturated carbocycles. The molecule has 0 spiro atoms. The summed E-state index contributed by atoms with van der Waals surface area (Å²) in [5, 5.41) is 3.85. The van der Waals surface area contributed by atoms with E-state index in [0.717, 1.165) is 22.4 Å². The van der Waals surface area contributed by atoms with Crippen LogP contribution in [0.4, 0.5) is 11.6 Å². The SMILES string of the molecule is Cc1cnc(Nc2ccc(Cl)cc2)[nH]1. The zero-order valence-electron chi connectivity index (χ0n) is 7.71. The Kier molecular flexibility index (Phi) is 2.41. The molecule has 0 amide bonds. The van der Waals surface area contributed by atoms with Crippen molar-refractivity contribution in [2.45, 2.75) is 6.92 Å². The summed E-state index contributed by atoms with van der Waals surface area (Å²) in [5.41, 5.74) is 1.99. The standard InChI is InChI=1S/C10H10ClN3/c1-7-6-12-10(13-7)14-9-4-2-8(11)3-5-9/h2-6H,1H3,(H2,12,13,14). The van der Waals surface area contributed by atoms with Crippen LogP contribution in [0.3, 0.4) is 0 Å². The van der Waals surface area contributed by atoms with Crippen LogP contribution >= 0.6 is 11.6 Å². The first kappa shape index (κ1) is 9.09. The van der Waals surface area contributed by atoms with Gasteiger partial charge in [0.15, 0.2) is 0 Å². The number of imidazole rings is 1. The van der Waals surface area contributed by atoms with Gasteiger partial charge < -0.3 is 10.3 Å².